The molecule has 0 amide bonds. The van der Waals surface area contributed by atoms with Crippen LogP contribution in [-0.2, 0) is 57.2 Å². The van der Waals surface area contributed by atoms with E-state index >= 15 is 0 Å². The second-order valence-electron chi connectivity index (χ2n) is 0.908. The Morgan fingerprint density at radius 1 is 1.17 bits per heavy atom. The Morgan fingerprint density at radius 3 is 1.17 bits per heavy atom. The largest absolute Gasteiger partial charge is 0.300 e. The molecule has 0 N–H and O–H groups in total. The summed E-state index contributed by atoms with van der Waals surface area (Å²) in [5.74, 6) is 0.167. The number of carbonyl (C=O) groups is 1. The summed E-state index contributed by atoms with van der Waals surface area (Å²) >= 11 is 0. The van der Waals surface area contributed by atoms with Crippen molar-refractivity contribution in [2.45, 2.75) is 13.8 Å². The maximum atomic E-state index is 9.44. The summed E-state index contributed by atoms with van der Waals surface area (Å²) in [6, 6.07) is 0. The molecule has 0 aromatic heterocycles. The van der Waals surface area contributed by atoms with Crippen molar-refractivity contribution in [1.82, 2.24) is 0 Å². The van der Waals surface area contributed by atoms with Gasteiger partial charge in [-0.1, -0.05) is 0 Å². The zero-order valence-electron chi connectivity index (χ0n) is 3.91. The van der Waals surface area contributed by atoms with Crippen LogP contribution in [0.1, 0.15) is 13.8 Å². The fourth-order valence-corrected chi connectivity index (χ4v) is 0. The summed E-state index contributed by atoms with van der Waals surface area (Å²) in [6.07, 6.45) is 0. The van der Waals surface area contributed by atoms with Gasteiger partial charge in [-0.15, -0.1) is 0 Å². The molecule has 0 rings (SSSR count). The van der Waals surface area contributed by atoms with Crippen LogP contribution in [0, 0.1) is 0 Å². The van der Waals surface area contributed by atoms with Crippen molar-refractivity contribution in [2.75, 3.05) is 0 Å². The minimum absolute atomic E-state index is 0. The van der Waals surface area contributed by atoms with Crippen molar-refractivity contribution in [3.05, 3.63) is 0 Å². The maximum Gasteiger partial charge on any atom is 0.126 e. The number of hydrogen-bond acceptors (Lipinski definition) is 1. The molecule has 3 heteroatoms. The van der Waals surface area contributed by atoms with Crippen molar-refractivity contribution >= 4 is 5.78 Å². The Morgan fingerprint density at radius 2 is 1.17 bits per heavy atom. The standard InChI is InChI=1S/C3H6O.2Zr/c1-3(2)4;;/h1-2H3;;. The third-order valence-electron chi connectivity index (χ3n) is 0. The maximum absolute atomic E-state index is 9.44. The first kappa shape index (κ1) is 15.7. The Balaban J connectivity index is -0.0000000450. The van der Waals surface area contributed by atoms with E-state index in [4.69, 9.17) is 0 Å². The van der Waals surface area contributed by atoms with E-state index in [1.165, 1.54) is 13.8 Å². The van der Waals surface area contributed by atoms with Crippen LogP contribution >= 0.6 is 0 Å². The first-order valence-electron chi connectivity index (χ1n) is 1.20. The molecule has 0 aromatic carbocycles. The molecule has 0 unspecified atom stereocenters. The van der Waals surface area contributed by atoms with E-state index in [1.807, 2.05) is 0 Å². The Bertz CT molecular complexity index is 31.8. The van der Waals surface area contributed by atoms with Crippen molar-refractivity contribution in [3.63, 3.8) is 0 Å². The van der Waals surface area contributed by atoms with Crippen LogP contribution in [0.5, 0.6) is 0 Å². The van der Waals surface area contributed by atoms with Crippen LogP contribution in [0.4, 0.5) is 0 Å². The third kappa shape index (κ3) is 51.9. The summed E-state index contributed by atoms with van der Waals surface area (Å²) in [5, 5.41) is 0. The van der Waals surface area contributed by atoms with Crippen molar-refractivity contribution in [1.29, 1.82) is 0 Å². The summed E-state index contributed by atoms with van der Waals surface area (Å²) in [5.41, 5.74) is 0. The molecule has 0 spiro atoms. The fourth-order valence-electron chi connectivity index (χ4n) is 0. The summed E-state index contributed by atoms with van der Waals surface area (Å²) in [7, 11) is 0. The van der Waals surface area contributed by atoms with E-state index in [9.17, 15) is 4.79 Å². The van der Waals surface area contributed by atoms with Gasteiger partial charge in [-0.05, 0) is 13.8 Å². The van der Waals surface area contributed by atoms with Gasteiger partial charge in [-0.3, -0.25) is 0 Å². The van der Waals surface area contributed by atoms with E-state index in [1.54, 1.807) is 0 Å². The topological polar surface area (TPSA) is 17.1 Å². The Hall–Kier alpha value is 1.44. The predicted molar refractivity (Wildman–Crippen MR) is 16.4 cm³/mol. The van der Waals surface area contributed by atoms with Crippen LogP contribution < -0.4 is 0 Å². The average Bonchev–Trinajstić information content (AvgIpc) is 0.811. The molecule has 0 heterocycles. The van der Waals surface area contributed by atoms with Crippen LogP contribution in [0.2, 0.25) is 0 Å². The molecule has 6 heavy (non-hydrogen) atoms. The predicted octanol–water partition coefficient (Wildman–Crippen LogP) is 0.590. The molecule has 0 fully saturated rings. The van der Waals surface area contributed by atoms with E-state index in [0.29, 0.717) is 0 Å². The van der Waals surface area contributed by atoms with Crippen molar-refractivity contribution < 1.29 is 57.2 Å². The minimum atomic E-state index is 0. The minimum Gasteiger partial charge on any atom is -0.300 e. The van der Waals surface area contributed by atoms with E-state index in [0.717, 1.165) is 0 Å². The van der Waals surface area contributed by atoms with E-state index in [-0.39, 0.29) is 58.2 Å². The first-order valence-corrected chi connectivity index (χ1v) is 1.20. The summed E-state index contributed by atoms with van der Waals surface area (Å²) < 4.78 is 0. The van der Waals surface area contributed by atoms with Gasteiger partial charge in [-0.25, -0.2) is 0 Å². The summed E-state index contributed by atoms with van der Waals surface area (Å²) in [6.45, 7) is 3.06. The van der Waals surface area contributed by atoms with Gasteiger partial charge in [-0.2, -0.15) is 0 Å². The number of hydrogen-bond donors (Lipinski definition) is 0. The monoisotopic (exact) mass is 238 g/mol. The van der Waals surface area contributed by atoms with Gasteiger partial charge in [0, 0.05) is 52.4 Å². The SMILES string of the molecule is CC(C)=O.[Zr].[Zr]. The zero-order chi connectivity index (χ0) is 3.58. The molecule has 0 radical (unpaired) electrons. The van der Waals surface area contributed by atoms with Crippen LogP contribution in [0.15, 0.2) is 0 Å². The molecule has 32 valence electrons. The van der Waals surface area contributed by atoms with Gasteiger partial charge in [0.15, 0.2) is 0 Å². The van der Waals surface area contributed by atoms with Gasteiger partial charge in [0.05, 0.1) is 0 Å². The molecule has 0 aliphatic heterocycles. The van der Waals surface area contributed by atoms with Crippen molar-refractivity contribution in [2.24, 2.45) is 0 Å². The Labute approximate surface area is 76.1 Å². The van der Waals surface area contributed by atoms with Gasteiger partial charge in [0.2, 0.25) is 0 Å². The van der Waals surface area contributed by atoms with Crippen molar-refractivity contribution in [3.8, 4) is 0 Å². The molecule has 0 aliphatic rings. The fraction of sp³-hybridized carbons (Fsp3) is 0.667. The molecule has 0 saturated carbocycles. The van der Waals surface area contributed by atoms with E-state index < -0.39 is 0 Å². The number of carbonyl (C=O) groups excluding carboxylic acids is 1. The van der Waals surface area contributed by atoms with E-state index in [2.05, 4.69) is 0 Å². The average molecular weight is 241 g/mol. The second kappa shape index (κ2) is 9.66. The summed E-state index contributed by atoms with van der Waals surface area (Å²) in [4.78, 5) is 9.44. The Kier molecular flexibility index (Phi) is 25.2. The molecular formula is C3H6OZr2. The van der Waals surface area contributed by atoms with Crippen LogP contribution in [0.3, 0.4) is 0 Å². The normalized spacial score (nSPS) is 4.33. The molecule has 1 nitrogen and oxygen atoms in total. The molecule has 0 bridgehead atoms. The molecule has 0 atom stereocenters. The van der Waals surface area contributed by atoms with Gasteiger partial charge < -0.3 is 4.79 Å². The second-order valence-corrected chi connectivity index (χ2v) is 0.908. The third-order valence-corrected chi connectivity index (χ3v) is 0. The quantitative estimate of drug-likeness (QED) is 0.606. The van der Waals surface area contributed by atoms with Gasteiger partial charge in [0.1, 0.15) is 5.78 Å². The molecular weight excluding hydrogens is 234 g/mol. The smallest absolute Gasteiger partial charge is 0.126 e. The molecule has 0 saturated heterocycles. The zero-order valence-corrected chi connectivity index (χ0v) is 8.82. The van der Waals surface area contributed by atoms with Gasteiger partial charge >= 0.3 is 0 Å². The molecule has 0 aliphatic carbocycles. The number of Topliss-reactive ketones (excluding diaryl/α,β-unsaturated/α-hetero) is 1. The number of rotatable bonds is 0. The van der Waals surface area contributed by atoms with Crippen LogP contribution in [-0.4, -0.2) is 5.78 Å². The molecule has 0 aromatic rings. The number of ketones is 1. The van der Waals surface area contributed by atoms with Gasteiger partial charge in [0.25, 0.3) is 0 Å². The van der Waals surface area contributed by atoms with Crippen LogP contribution in [0.25, 0.3) is 0 Å². The first-order chi connectivity index (χ1) is 1.73.